The van der Waals surface area contributed by atoms with Gasteiger partial charge in [0.2, 0.25) is 65.0 Å². The third-order valence-corrected chi connectivity index (χ3v) is 17.3. The number of amides is 11. The molecule has 0 saturated carbocycles. The summed E-state index contributed by atoms with van der Waals surface area (Å²) in [7, 11) is 14.2. The van der Waals surface area contributed by atoms with Crippen LogP contribution in [0.5, 0.6) is 0 Å². The maximum Gasteiger partial charge on any atom is 0.246 e. The van der Waals surface area contributed by atoms with Crippen LogP contribution in [0.15, 0.2) is 12.2 Å². The number of hydrogen-bond acceptors (Lipinski definition) is 12. The number of nitrogens with one attached hydrogen (secondary N) is 4. The van der Waals surface area contributed by atoms with Crippen molar-refractivity contribution in [3.8, 4) is 0 Å². The zero-order valence-electron chi connectivity index (χ0n) is 60.2. The van der Waals surface area contributed by atoms with E-state index in [0.717, 1.165) is 0 Å². The van der Waals surface area contributed by atoms with Gasteiger partial charge < -0.3 is 60.5 Å². The number of rotatable bonds is 19. The fourth-order valence-electron chi connectivity index (χ4n) is 11.7. The SMILES string of the molecule is C/C=C/C[C@@H](C)C[C@H]1C(=O)N[C@@H](CC)C(=O)N(C)[C@H](CCCN(C)C)C(=O)N(C)[C@@H](CC(C)C)C(=O)N[C@H](C(C)C)C(=O)N(C)[C@H](CC(C)C)C(=O)N[C@H](C)C(=O)N[C@@H](C)C(=O)N(C)[C@@H](CC(C)C)C(=O)N(C)[C@@H](CC(C)C)C(=O)N(C)[C@@H](C(C)C)C(=O)N1C. The van der Waals surface area contributed by atoms with Crippen molar-refractivity contribution in [2.75, 3.05) is 70.0 Å². The van der Waals surface area contributed by atoms with Gasteiger partial charge in [0.05, 0.1) is 0 Å². The van der Waals surface area contributed by atoms with Crippen LogP contribution in [0, 0.1) is 41.4 Å². The maximum absolute atomic E-state index is 15.3. The third kappa shape index (κ3) is 23.8. The highest BCUT2D eigenvalue weighted by atomic mass is 16.2. The lowest BCUT2D eigenvalue weighted by Gasteiger charge is -2.41. The number of carbonyl (C=O) groups is 11. The van der Waals surface area contributed by atoms with Crippen LogP contribution < -0.4 is 21.3 Å². The number of allylic oxidation sites excluding steroid dienone is 2. The quantitative estimate of drug-likeness (QED) is 0.125. The molecule has 516 valence electrons. The van der Waals surface area contributed by atoms with Crippen LogP contribution in [0.2, 0.25) is 0 Å². The average Bonchev–Trinajstić information content (AvgIpc) is 1.01. The number of nitrogens with zero attached hydrogens (tertiary/aromatic N) is 8. The highest BCUT2D eigenvalue weighted by Crippen LogP contribution is 2.26. The first kappa shape index (κ1) is 81.9. The molecule has 0 aromatic carbocycles. The maximum atomic E-state index is 15.3. The van der Waals surface area contributed by atoms with Gasteiger partial charge in [-0.15, -0.1) is 0 Å². The minimum atomic E-state index is -1.22. The van der Waals surface area contributed by atoms with Crippen molar-refractivity contribution >= 4 is 65.0 Å². The normalized spacial score (nSPS) is 26.6. The molecule has 0 aromatic heterocycles. The molecule has 1 fully saturated rings. The molecule has 0 aromatic rings. The lowest BCUT2D eigenvalue weighted by Crippen LogP contribution is -2.62. The van der Waals surface area contributed by atoms with Crippen LogP contribution in [-0.4, -0.2) is 241 Å². The van der Waals surface area contributed by atoms with Crippen LogP contribution in [0.3, 0.4) is 0 Å². The second kappa shape index (κ2) is 38.0. The van der Waals surface area contributed by atoms with Gasteiger partial charge in [-0.2, -0.15) is 0 Å². The summed E-state index contributed by atoms with van der Waals surface area (Å²) in [5.41, 5.74) is 0. The van der Waals surface area contributed by atoms with Gasteiger partial charge in [0, 0.05) is 49.3 Å². The molecule has 0 aliphatic carbocycles. The van der Waals surface area contributed by atoms with E-state index in [1.807, 2.05) is 100 Å². The Morgan fingerprint density at radius 2 is 0.800 bits per heavy atom. The minimum absolute atomic E-state index is 0.101. The Labute approximate surface area is 541 Å². The molecule has 0 bridgehead atoms. The fraction of sp³-hybridized carbons (Fsp3) is 0.806. The molecule has 23 heteroatoms. The van der Waals surface area contributed by atoms with Gasteiger partial charge in [0.1, 0.15) is 66.5 Å². The molecule has 90 heavy (non-hydrogen) atoms. The topological polar surface area (TPSA) is 262 Å². The third-order valence-electron chi connectivity index (χ3n) is 17.3. The molecule has 12 atom stereocenters. The van der Waals surface area contributed by atoms with E-state index in [-0.39, 0.29) is 74.5 Å². The summed E-state index contributed by atoms with van der Waals surface area (Å²) in [6.45, 7) is 31.3. The van der Waals surface area contributed by atoms with Gasteiger partial charge in [-0.05, 0) is 141 Å². The van der Waals surface area contributed by atoms with Crippen molar-refractivity contribution < 1.29 is 52.7 Å². The van der Waals surface area contributed by atoms with E-state index in [1.54, 1.807) is 34.6 Å². The first-order chi connectivity index (χ1) is 41.6. The Hall–Kier alpha value is -6.13. The molecule has 23 nitrogen and oxygen atoms in total. The van der Waals surface area contributed by atoms with E-state index in [9.17, 15) is 24.0 Å². The lowest BCUT2D eigenvalue weighted by atomic mass is 9.93. The Morgan fingerprint density at radius 3 is 1.24 bits per heavy atom. The van der Waals surface area contributed by atoms with Crippen LogP contribution in [-0.2, 0) is 52.7 Å². The van der Waals surface area contributed by atoms with Gasteiger partial charge >= 0.3 is 0 Å². The number of carbonyl (C=O) groups excluding carboxylic acids is 11. The van der Waals surface area contributed by atoms with Crippen LogP contribution in [0.1, 0.15) is 175 Å². The molecule has 1 aliphatic rings. The Morgan fingerprint density at radius 1 is 0.422 bits per heavy atom. The zero-order chi connectivity index (χ0) is 69.7. The van der Waals surface area contributed by atoms with Crippen molar-refractivity contribution in [1.29, 1.82) is 0 Å². The summed E-state index contributed by atoms with van der Waals surface area (Å²) in [4.78, 5) is 174. The smallest absolute Gasteiger partial charge is 0.246 e. The van der Waals surface area contributed by atoms with E-state index in [0.29, 0.717) is 19.4 Å². The number of hydrogen-bond donors (Lipinski definition) is 4. The van der Waals surface area contributed by atoms with E-state index >= 15 is 28.8 Å². The first-order valence-electron chi connectivity index (χ1n) is 32.9. The van der Waals surface area contributed by atoms with Crippen molar-refractivity contribution in [1.82, 2.24) is 60.5 Å². The largest absolute Gasteiger partial charge is 0.343 e. The minimum Gasteiger partial charge on any atom is -0.343 e. The van der Waals surface area contributed by atoms with Crippen molar-refractivity contribution in [3.63, 3.8) is 0 Å². The zero-order valence-corrected chi connectivity index (χ0v) is 60.2. The fourth-order valence-corrected chi connectivity index (χ4v) is 11.7. The predicted octanol–water partition coefficient (Wildman–Crippen LogP) is 5.01. The molecular formula is C67H122N12O11. The Kier molecular flexibility index (Phi) is 34.6. The summed E-state index contributed by atoms with van der Waals surface area (Å²) in [6, 6.07) is -12.7. The molecule has 0 spiro atoms. The molecular weight excluding hydrogens is 1150 g/mol. The van der Waals surface area contributed by atoms with E-state index < -0.39 is 143 Å². The van der Waals surface area contributed by atoms with Gasteiger partial charge in [-0.3, -0.25) is 52.7 Å². The standard InChI is InChI=1S/C67H122N12O11/c1-27-29-31-45(15)38-52-59(82)70-48(28-2)62(85)73(20)49(32-30-33-72(18)19)63(86)74(21)51(35-40(5)6)60(83)71-55(43(11)12)66(89)75(22)50(34-39(3)4)58(81)68-46(16)57(80)69-47(17)61(84)77(24)53(36-41(7)8)64(87)78(25)54(37-42(9)10)65(88)79(26)56(44(13)14)67(90)76(52)23/h27,29,39-56H,28,30-38H2,1-26H3,(H,68,81)(H,69,80)(H,70,82)(H,71,83)/b29-27+/t45-,46-,47+,48+,49-,50-,51+,52+,53+,54+,55-,56+/m1/s1. The van der Waals surface area contributed by atoms with Crippen molar-refractivity contribution in [2.45, 2.75) is 242 Å². The van der Waals surface area contributed by atoms with Gasteiger partial charge in [-0.1, -0.05) is 109 Å². The van der Waals surface area contributed by atoms with E-state index in [2.05, 4.69) is 21.3 Å². The van der Waals surface area contributed by atoms with Crippen molar-refractivity contribution in [3.05, 3.63) is 12.2 Å². The second-order valence-electron chi connectivity index (χ2n) is 28.2. The van der Waals surface area contributed by atoms with Crippen molar-refractivity contribution in [2.24, 2.45) is 41.4 Å². The van der Waals surface area contributed by atoms with Gasteiger partial charge in [-0.25, -0.2) is 0 Å². The molecule has 11 amide bonds. The van der Waals surface area contributed by atoms with E-state index in [1.165, 1.54) is 97.5 Å². The number of likely N-dealkylation sites (N-methyl/N-ethyl adjacent to an activating group) is 7. The molecule has 1 heterocycles. The summed E-state index contributed by atoms with van der Waals surface area (Å²) in [5, 5.41) is 11.3. The van der Waals surface area contributed by atoms with Crippen LogP contribution in [0.4, 0.5) is 0 Å². The van der Waals surface area contributed by atoms with Crippen LogP contribution in [0.25, 0.3) is 0 Å². The molecule has 0 radical (unpaired) electrons. The lowest BCUT2D eigenvalue weighted by molar-refractivity contribution is -0.156. The summed E-state index contributed by atoms with van der Waals surface area (Å²) < 4.78 is 0. The Bertz CT molecular complexity index is 2430. The van der Waals surface area contributed by atoms with Gasteiger partial charge in [0.15, 0.2) is 0 Å². The molecule has 4 N–H and O–H groups in total. The summed E-state index contributed by atoms with van der Waals surface area (Å²) >= 11 is 0. The average molecular weight is 1270 g/mol. The highest BCUT2D eigenvalue weighted by Gasteiger charge is 2.45. The van der Waals surface area contributed by atoms with Crippen LogP contribution >= 0.6 is 0 Å². The molecule has 1 aliphatic heterocycles. The van der Waals surface area contributed by atoms with Gasteiger partial charge in [0.25, 0.3) is 0 Å². The predicted molar refractivity (Wildman–Crippen MR) is 354 cm³/mol. The molecule has 1 rings (SSSR count). The highest BCUT2D eigenvalue weighted by molar-refractivity contribution is 6.00. The summed E-state index contributed by atoms with van der Waals surface area (Å²) in [6.07, 6.45) is 6.06. The van der Waals surface area contributed by atoms with E-state index in [4.69, 9.17) is 0 Å². The molecule has 0 unspecified atom stereocenters. The monoisotopic (exact) mass is 1270 g/mol. The first-order valence-corrected chi connectivity index (χ1v) is 32.9. The second-order valence-corrected chi connectivity index (χ2v) is 28.2. The summed E-state index contributed by atoms with van der Waals surface area (Å²) in [5.74, 6) is -8.29. The Balaban J connectivity index is 4.47. The molecule has 1 saturated heterocycles.